The molecule has 2 aliphatic rings. The van der Waals surface area contributed by atoms with Crippen LogP contribution in [0.4, 0.5) is 10.1 Å². The molecule has 0 saturated carbocycles. The van der Waals surface area contributed by atoms with Gasteiger partial charge in [-0.2, -0.15) is 0 Å². The summed E-state index contributed by atoms with van der Waals surface area (Å²) in [7, 11) is 0. The quantitative estimate of drug-likeness (QED) is 0.330. The second kappa shape index (κ2) is 10.5. The van der Waals surface area contributed by atoms with E-state index in [9.17, 15) is 14.0 Å². The molecule has 3 aromatic heterocycles. The molecule has 2 aromatic carbocycles. The van der Waals surface area contributed by atoms with Gasteiger partial charge in [0, 0.05) is 54.2 Å². The largest absolute Gasteiger partial charge is 0.380 e. The number of amides is 2. The van der Waals surface area contributed by atoms with Gasteiger partial charge >= 0.3 is 0 Å². The average Bonchev–Trinajstić information content (AvgIpc) is 3.64. The summed E-state index contributed by atoms with van der Waals surface area (Å²) in [6, 6.07) is 9.80. The van der Waals surface area contributed by atoms with Crippen molar-refractivity contribution < 1.29 is 18.7 Å². The standard InChI is InChI=1S/C29H26FN7O3S/c30-19-2-1-3-21-26(19)18-13-24(28(38)36-8-10-40-11-9-36)37(15-23(18)35-21)29(39)27-25(41-16-34-27)14-33-17-4-5-20-22(12-17)32-7-6-31-20/h1-7,12,16,24,33,35H,8-11,13-15H2/t24-/m1/s1. The number of aromatic amines is 1. The van der Waals surface area contributed by atoms with Crippen molar-refractivity contribution in [1.29, 1.82) is 0 Å². The van der Waals surface area contributed by atoms with E-state index < -0.39 is 6.04 Å². The Morgan fingerprint density at radius 1 is 1.10 bits per heavy atom. The maximum absolute atomic E-state index is 14.9. The molecule has 12 heteroatoms. The molecule has 2 N–H and O–H groups in total. The van der Waals surface area contributed by atoms with Crippen LogP contribution in [-0.4, -0.2) is 73.9 Å². The number of anilines is 1. The molecular formula is C29H26FN7O3S. The monoisotopic (exact) mass is 571 g/mol. The molecule has 2 aliphatic heterocycles. The van der Waals surface area contributed by atoms with Crippen molar-refractivity contribution in [3.05, 3.63) is 81.9 Å². The van der Waals surface area contributed by atoms with Crippen LogP contribution in [0.25, 0.3) is 21.9 Å². The van der Waals surface area contributed by atoms with Gasteiger partial charge in [0.05, 0.1) is 47.7 Å². The van der Waals surface area contributed by atoms with Crippen molar-refractivity contribution in [3.8, 4) is 0 Å². The summed E-state index contributed by atoms with van der Waals surface area (Å²) in [6.07, 6.45) is 3.51. The highest BCUT2D eigenvalue weighted by Crippen LogP contribution is 2.34. The molecule has 7 rings (SSSR count). The molecule has 208 valence electrons. The molecule has 0 bridgehead atoms. The lowest BCUT2D eigenvalue weighted by Gasteiger charge is -2.38. The first-order chi connectivity index (χ1) is 20.1. The number of ether oxygens (including phenoxy) is 1. The van der Waals surface area contributed by atoms with Gasteiger partial charge in [0.1, 0.15) is 17.6 Å². The van der Waals surface area contributed by atoms with Crippen molar-refractivity contribution in [2.45, 2.75) is 25.6 Å². The van der Waals surface area contributed by atoms with Crippen molar-refractivity contribution in [2.75, 3.05) is 31.6 Å². The Hall–Kier alpha value is -4.42. The third kappa shape index (κ3) is 4.68. The highest BCUT2D eigenvalue weighted by Gasteiger charge is 2.40. The smallest absolute Gasteiger partial charge is 0.274 e. The van der Waals surface area contributed by atoms with Gasteiger partial charge in [0.15, 0.2) is 0 Å². The summed E-state index contributed by atoms with van der Waals surface area (Å²) >= 11 is 1.38. The average molecular weight is 572 g/mol. The second-order valence-corrected chi connectivity index (χ2v) is 11.0. The fourth-order valence-electron chi connectivity index (χ4n) is 5.66. The lowest BCUT2D eigenvalue weighted by Crippen LogP contribution is -2.55. The summed E-state index contributed by atoms with van der Waals surface area (Å²) in [6.45, 7) is 2.32. The number of benzene rings is 2. The molecule has 10 nitrogen and oxygen atoms in total. The summed E-state index contributed by atoms with van der Waals surface area (Å²) in [5, 5.41) is 3.84. The molecule has 2 amide bonds. The number of hydrogen-bond donors (Lipinski definition) is 2. The molecule has 1 fully saturated rings. The van der Waals surface area contributed by atoms with Crippen LogP contribution in [0.1, 0.15) is 26.6 Å². The minimum atomic E-state index is -0.784. The highest BCUT2D eigenvalue weighted by molar-refractivity contribution is 7.10. The zero-order valence-corrected chi connectivity index (χ0v) is 22.8. The van der Waals surface area contributed by atoms with Gasteiger partial charge in [-0.25, -0.2) is 9.37 Å². The fourth-order valence-corrected chi connectivity index (χ4v) is 6.35. The Morgan fingerprint density at radius 2 is 1.93 bits per heavy atom. The molecule has 41 heavy (non-hydrogen) atoms. The Kier molecular flexibility index (Phi) is 6.56. The van der Waals surface area contributed by atoms with E-state index in [1.54, 1.807) is 33.8 Å². The molecule has 5 heterocycles. The zero-order chi connectivity index (χ0) is 27.9. The molecule has 5 aromatic rings. The SMILES string of the molecule is O=C([C@H]1Cc2c([nH]c3cccc(F)c23)CN1C(=O)c1ncsc1CNc1ccc2nccnc2c1)N1CCOCC1. The Labute approximate surface area is 238 Å². The van der Waals surface area contributed by atoms with E-state index >= 15 is 0 Å². The van der Waals surface area contributed by atoms with Crippen molar-refractivity contribution in [2.24, 2.45) is 0 Å². The first kappa shape index (κ1) is 25.5. The van der Waals surface area contributed by atoms with E-state index in [0.717, 1.165) is 32.9 Å². The van der Waals surface area contributed by atoms with E-state index in [1.165, 1.54) is 17.4 Å². The van der Waals surface area contributed by atoms with E-state index in [-0.39, 0.29) is 30.6 Å². The van der Waals surface area contributed by atoms with Crippen molar-refractivity contribution >= 4 is 50.8 Å². The number of carbonyl (C=O) groups excluding carboxylic acids is 2. The van der Waals surface area contributed by atoms with Crippen LogP contribution >= 0.6 is 11.3 Å². The number of halogens is 1. The normalized spacial score (nSPS) is 17.1. The van der Waals surface area contributed by atoms with Crippen LogP contribution < -0.4 is 5.32 Å². The van der Waals surface area contributed by atoms with Crippen molar-refractivity contribution in [3.63, 3.8) is 0 Å². The topological polar surface area (TPSA) is 116 Å². The molecule has 0 aliphatic carbocycles. The minimum Gasteiger partial charge on any atom is -0.380 e. The maximum Gasteiger partial charge on any atom is 0.274 e. The number of H-pyrrole nitrogens is 1. The first-order valence-corrected chi connectivity index (χ1v) is 14.3. The highest BCUT2D eigenvalue weighted by atomic mass is 32.1. The summed E-state index contributed by atoms with van der Waals surface area (Å²) < 4.78 is 20.3. The Balaban J connectivity index is 1.19. The van der Waals surface area contributed by atoms with Gasteiger partial charge < -0.3 is 24.8 Å². The Morgan fingerprint density at radius 3 is 2.78 bits per heavy atom. The summed E-state index contributed by atoms with van der Waals surface area (Å²) in [5.41, 5.74) is 6.47. The third-order valence-corrected chi connectivity index (χ3v) is 8.53. The molecule has 1 saturated heterocycles. The number of thiazole rings is 1. The number of hydrogen-bond acceptors (Lipinski definition) is 8. The van der Waals surface area contributed by atoms with E-state index in [4.69, 9.17) is 4.74 Å². The Bertz CT molecular complexity index is 1780. The third-order valence-electron chi connectivity index (χ3n) is 7.70. The van der Waals surface area contributed by atoms with Gasteiger partial charge in [0.2, 0.25) is 5.91 Å². The van der Waals surface area contributed by atoms with Crippen LogP contribution in [0.15, 0.2) is 54.3 Å². The molecule has 0 unspecified atom stereocenters. The van der Waals surface area contributed by atoms with Gasteiger partial charge in [-0.05, 0) is 35.9 Å². The fraction of sp³-hybridized carbons (Fsp3) is 0.276. The maximum atomic E-state index is 14.9. The molecule has 0 spiro atoms. The first-order valence-electron chi connectivity index (χ1n) is 13.4. The number of carbonyl (C=O) groups is 2. The van der Waals surface area contributed by atoms with Gasteiger partial charge in [-0.3, -0.25) is 19.6 Å². The van der Waals surface area contributed by atoms with Gasteiger partial charge in [0.25, 0.3) is 5.91 Å². The lowest BCUT2D eigenvalue weighted by molar-refractivity contribution is -0.140. The number of nitrogens with zero attached hydrogens (tertiary/aromatic N) is 5. The number of rotatable bonds is 5. The predicted molar refractivity (Wildman–Crippen MR) is 152 cm³/mol. The van der Waals surface area contributed by atoms with Gasteiger partial charge in [-0.15, -0.1) is 11.3 Å². The van der Waals surface area contributed by atoms with Crippen molar-refractivity contribution in [1.82, 2.24) is 29.7 Å². The molecule has 0 radical (unpaired) electrons. The minimum absolute atomic E-state index is 0.150. The molecular weight excluding hydrogens is 545 g/mol. The molecule has 1 atom stereocenters. The van der Waals surface area contributed by atoms with Crippen LogP contribution in [0.2, 0.25) is 0 Å². The predicted octanol–water partition coefficient (Wildman–Crippen LogP) is 3.74. The second-order valence-electron chi connectivity index (χ2n) is 10.1. The zero-order valence-electron chi connectivity index (χ0n) is 22.0. The van der Waals surface area contributed by atoms with Crippen LogP contribution in [0.3, 0.4) is 0 Å². The van der Waals surface area contributed by atoms with E-state index in [2.05, 4.69) is 25.3 Å². The number of fused-ring (bicyclic) bond motifs is 4. The van der Waals surface area contributed by atoms with Crippen LogP contribution in [0.5, 0.6) is 0 Å². The number of nitrogens with one attached hydrogen (secondary N) is 2. The van der Waals surface area contributed by atoms with Gasteiger partial charge in [-0.1, -0.05) is 6.07 Å². The van der Waals surface area contributed by atoms with Crippen LogP contribution in [0, 0.1) is 5.82 Å². The van der Waals surface area contributed by atoms with E-state index in [0.29, 0.717) is 49.4 Å². The van der Waals surface area contributed by atoms with Crippen LogP contribution in [-0.2, 0) is 29.0 Å². The summed E-state index contributed by atoms with van der Waals surface area (Å²) in [5.74, 6) is -0.834. The van der Waals surface area contributed by atoms with E-state index in [1.807, 2.05) is 24.3 Å². The summed E-state index contributed by atoms with van der Waals surface area (Å²) in [4.78, 5) is 48.3. The number of aromatic nitrogens is 4. The number of morpholine rings is 1. The lowest BCUT2D eigenvalue weighted by atomic mass is 9.94.